The second-order valence-corrected chi connectivity index (χ2v) is 4.90. The first kappa shape index (κ1) is 9.84. The number of rotatable bonds is 3. The van der Waals surface area contributed by atoms with Crippen LogP contribution in [-0.4, -0.2) is 23.0 Å². The first-order valence-corrected chi connectivity index (χ1v) is 6.32. The summed E-state index contributed by atoms with van der Waals surface area (Å²) in [5, 5.41) is 3.47. The number of anilines is 1. The summed E-state index contributed by atoms with van der Waals surface area (Å²) in [7, 11) is 0. The molecular formula is C11H16N2S. The molecule has 0 spiro atoms. The topological polar surface area (TPSA) is 24.9 Å². The van der Waals surface area contributed by atoms with Crippen LogP contribution in [0.15, 0.2) is 24.5 Å². The van der Waals surface area contributed by atoms with Gasteiger partial charge in [0.25, 0.3) is 0 Å². The lowest BCUT2D eigenvalue weighted by molar-refractivity contribution is 0.516. The Bertz CT molecular complexity index is 257. The van der Waals surface area contributed by atoms with Crippen molar-refractivity contribution in [2.45, 2.75) is 12.8 Å². The van der Waals surface area contributed by atoms with Gasteiger partial charge in [-0.05, 0) is 42.4 Å². The van der Waals surface area contributed by atoms with Gasteiger partial charge in [0, 0.05) is 24.6 Å². The summed E-state index contributed by atoms with van der Waals surface area (Å²) in [6.45, 7) is 1.12. The van der Waals surface area contributed by atoms with E-state index in [0.29, 0.717) is 0 Å². The molecule has 76 valence electrons. The van der Waals surface area contributed by atoms with Crippen molar-refractivity contribution in [1.29, 1.82) is 0 Å². The fourth-order valence-electron chi connectivity index (χ4n) is 1.68. The Morgan fingerprint density at radius 1 is 1.29 bits per heavy atom. The zero-order valence-electron chi connectivity index (χ0n) is 8.28. The van der Waals surface area contributed by atoms with E-state index in [1.165, 1.54) is 30.0 Å². The van der Waals surface area contributed by atoms with Crippen molar-refractivity contribution in [3.05, 3.63) is 24.5 Å². The van der Waals surface area contributed by atoms with Crippen LogP contribution in [0.1, 0.15) is 12.8 Å². The minimum absolute atomic E-state index is 0.865. The molecule has 2 nitrogen and oxygen atoms in total. The second kappa shape index (κ2) is 5.25. The van der Waals surface area contributed by atoms with Gasteiger partial charge in [0.2, 0.25) is 0 Å². The van der Waals surface area contributed by atoms with Gasteiger partial charge in [-0.25, -0.2) is 0 Å². The third-order valence-corrected chi connectivity index (χ3v) is 3.66. The molecule has 0 aliphatic carbocycles. The third-order valence-electron chi connectivity index (χ3n) is 2.62. The zero-order chi connectivity index (χ0) is 9.64. The number of thioether (sulfide) groups is 1. The first-order valence-electron chi connectivity index (χ1n) is 5.17. The molecule has 1 saturated heterocycles. The average Bonchev–Trinajstić information content (AvgIpc) is 2.29. The number of aromatic nitrogens is 1. The number of hydrogen-bond acceptors (Lipinski definition) is 3. The van der Waals surface area contributed by atoms with Crippen LogP contribution in [0.3, 0.4) is 0 Å². The van der Waals surface area contributed by atoms with E-state index in [9.17, 15) is 0 Å². The van der Waals surface area contributed by atoms with E-state index in [0.717, 1.165) is 12.5 Å². The highest BCUT2D eigenvalue weighted by Gasteiger charge is 2.12. The van der Waals surface area contributed by atoms with E-state index in [-0.39, 0.29) is 0 Å². The van der Waals surface area contributed by atoms with Gasteiger partial charge in [-0.3, -0.25) is 4.98 Å². The molecule has 1 N–H and O–H groups in total. The van der Waals surface area contributed by atoms with E-state index in [1.807, 2.05) is 24.5 Å². The van der Waals surface area contributed by atoms with Crippen molar-refractivity contribution < 1.29 is 0 Å². The summed E-state index contributed by atoms with van der Waals surface area (Å²) in [4.78, 5) is 4.00. The Morgan fingerprint density at radius 3 is 2.71 bits per heavy atom. The summed E-state index contributed by atoms with van der Waals surface area (Å²) < 4.78 is 0. The van der Waals surface area contributed by atoms with E-state index in [2.05, 4.69) is 22.1 Å². The highest BCUT2D eigenvalue weighted by atomic mass is 32.2. The number of nitrogens with zero attached hydrogens (tertiary/aromatic N) is 1. The standard InChI is InChI=1S/C11H16N2S/c1-5-12-6-2-11(1)13-9-10-3-7-14-8-4-10/h1-2,5-6,10H,3-4,7-9H2,(H,12,13). The molecule has 0 bridgehead atoms. The lowest BCUT2D eigenvalue weighted by Crippen LogP contribution is -2.19. The normalized spacial score (nSPS) is 18.0. The quantitative estimate of drug-likeness (QED) is 0.826. The van der Waals surface area contributed by atoms with Crippen LogP contribution >= 0.6 is 11.8 Å². The molecule has 0 radical (unpaired) electrons. The maximum absolute atomic E-state index is 4.00. The number of nitrogens with one attached hydrogen (secondary N) is 1. The molecule has 0 amide bonds. The molecule has 0 aromatic carbocycles. The molecule has 3 heteroatoms. The van der Waals surface area contributed by atoms with Gasteiger partial charge in [0.05, 0.1) is 0 Å². The molecule has 1 aliphatic rings. The Labute approximate surface area is 89.5 Å². The maximum Gasteiger partial charge on any atom is 0.0371 e. The predicted octanol–water partition coefficient (Wildman–Crippen LogP) is 2.64. The van der Waals surface area contributed by atoms with E-state index < -0.39 is 0 Å². The van der Waals surface area contributed by atoms with Gasteiger partial charge in [0.15, 0.2) is 0 Å². The van der Waals surface area contributed by atoms with E-state index >= 15 is 0 Å². The minimum atomic E-state index is 0.865. The van der Waals surface area contributed by atoms with Crippen LogP contribution in [0.4, 0.5) is 5.69 Å². The fraction of sp³-hybridized carbons (Fsp3) is 0.545. The van der Waals surface area contributed by atoms with Crippen LogP contribution in [0, 0.1) is 5.92 Å². The summed E-state index contributed by atoms with van der Waals surface area (Å²) in [6.07, 6.45) is 6.39. The summed E-state index contributed by atoms with van der Waals surface area (Å²) in [6, 6.07) is 4.05. The molecule has 2 heterocycles. The zero-order valence-corrected chi connectivity index (χ0v) is 9.09. The summed E-state index contributed by atoms with van der Waals surface area (Å²) in [5.74, 6) is 3.54. The highest BCUT2D eigenvalue weighted by Crippen LogP contribution is 2.22. The van der Waals surface area contributed by atoms with Crippen LogP contribution in [-0.2, 0) is 0 Å². The van der Waals surface area contributed by atoms with Gasteiger partial charge in [0.1, 0.15) is 0 Å². The average molecular weight is 208 g/mol. The second-order valence-electron chi connectivity index (χ2n) is 3.67. The van der Waals surface area contributed by atoms with Crippen molar-refractivity contribution in [3.8, 4) is 0 Å². The Morgan fingerprint density at radius 2 is 2.00 bits per heavy atom. The van der Waals surface area contributed by atoms with Crippen molar-refractivity contribution in [2.24, 2.45) is 5.92 Å². The van der Waals surface area contributed by atoms with Crippen molar-refractivity contribution in [2.75, 3.05) is 23.4 Å². The SMILES string of the molecule is c1cc(NCC2CCSCC2)ccn1. The summed E-state index contributed by atoms with van der Waals surface area (Å²) in [5.41, 5.74) is 1.19. The smallest absolute Gasteiger partial charge is 0.0371 e. The Balaban J connectivity index is 1.76. The van der Waals surface area contributed by atoms with Crippen molar-refractivity contribution in [1.82, 2.24) is 4.98 Å². The highest BCUT2D eigenvalue weighted by molar-refractivity contribution is 7.99. The lowest BCUT2D eigenvalue weighted by Gasteiger charge is -2.21. The first-order chi connectivity index (χ1) is 6.95. The van der Waals surface area contributed by atoms with Crippen molar-refractivity contribution >= 4 is 17.4 Å². The molecule has 0 unspecified atom stereocenters. The van der Waals surface area contributed by atoms with Gasteiger partial charge in [-0.1, -0.05) is 0 Å². The minimum Gasteiger partial charge on any atom is -0.385 e. The van der Waals surface area contributed by atoms with Gasteiger partial charge < -0.3 is 5.32 Å². The molecule has 1 aliphatic heterocycles. The van der Waals surface area contributed by atoms with E-state index in [4.69, 9.17) is 0 Å². The lowest BCUT2D eigenvalue weighted by atomic mass is 10.0. The fourth-order valence-corrected chi connectivity index (χ4v) is 2.89. The third kappa shape index (κ3) is 2.91. The van der Waals surface area contributed by atoms with Gasteiger partial charge >= 0.3 is 0 Å². The van der Waals surface area contributed by atoms with Gasteiger partial charge in [-0.15, -0.1) is 0 Å². The molecule has 14 heavy (non-hydrogen) atoms. The summed E-state index contributed by atoms with van der Waals surface area (Å²) >= 11 is 2.08. The van der Waals surface area contributed by atoms with Crippen molar-refractivity contribution in [3.63, 3.8) is 0 Å². The van der Waals surface area contributed by atoms with E-state index in [1.54, 1.807) is 0 Å². The molecule has 1 fully saturated rings. The largest absolute Gasteiger partial charge is 0.385 e. The monoisotopic (exact) mass is 208 g/mol. The molecule has 0 atom stereocenters. The predicted molar refractivity (Wildman–Crippen MR) is 62.8 cm³/mol. The Hall–Kier alpha value is -0.700. The molecule has 1 aromatic rings. The Kier molecular flexibility index (Phi) is 3.69. The van der Waals surface area contributed by atoms with Crippen LogP contribution in [0.25, 0.3) is 0 Å². The van der Waals surface area contributed by atoms with Crippen LogP contribution in [0.2, 0.25) is 0 Å². The molecule has 2 rings (SSSR count). The molecular weight excluding hydrogens is 192 g/mol. The number of pyridine rings is 1. The maximum atomic E-state index is 4.00. The molecule has 1 aromatic heterocycles. The van der Waals surface area contributed by atoms with Crippen LogP contribution in [0.5, 0.6) is 0 Å². The number of hydrogen-bond donors (Lipinski definition) is 1. The van der Waals surface area contributed by atoms with Gasteiger partial charge in [-0.2, -0.15) is 11.8 Å². The molecule has 0 saturated carbocycles. The van der Waals surface area contributed by atoms with Crippen LogP contribution < -0.4 is 5.32 Å².